The van der Waals surface area contributed by atoms with Crippen LogP contribution in [-0.4, -0.2) is 18.6 Å². The number of hydrogen-bond donors (Lipinski definition) is 1. The fraction of sp³-hybridized carbons (Fsp3) is 0.562. The van der Waals surface area contributed by atoms with Gasteiger partial charge in [-0.2, -0.15) is 0 Å². The molecule has 0 spiro atoms. The topological polar surface area (TPSA) is 52.3 Å². The third-order valence-electron chi connectivity index (χ3n) is 3.75. The molecular formula is C16H25NO2. The lowest BCUT2D eigenvalue weighted by atomic mass is 9.78. The molecule has 0 radical (unpaired) electrons. The van der Waals surface area contributed by atoms with Gasteiger partial charge in [-0.1, -0.05) is 12.1 Å². The summed E-state index contributed by atoms with van der Waals surface area (Å²) < 4.78 is 4.80. The van der Waals surface area contributed by atoms with Crippen molar-refractivity contribution in [2.75, 3.05) is 7.11 Å². The minimum absolute atomic E-state index is 0.0424. The van der Waals surface area contributed by atoms with Crippen LogP contribution in [0.1, 0.15) is 48.4 Å². The summed E-state index contributed by atoms with van der Waals surface area (Å²) in [7, 11) is 1.41. The predicted molar refractivity (Wildman–Crippen MR) is 78.3 cm³/mol. The second-order valence-electron chi connectivity index (χ2n) is 5.95. The Balaban J connectivity index is 3.25. The van der Waals surface area contributed by atoms with E-state index in [9.17, 15) is 4.79 Å². The SMILES string of the molecule is COC(=O)CC(c1cc(C)c(C)cc1C)C(C)(C)N. The first-order chi connectivity index (χ1) is 8.66. The summed E-state index contributed by atoms with van der Waals surface area (Å²) in [6, 6.07) is 4.30. The van der Waals surface area contributed by atoms with E-state index in [4.69, 9.17) is 10.5 Å². The van der Waals surface area contributed by atoms with Gasteiger partial charge in [0.1, 0.15) is 0 Å². The van der Waals surface area contributed by atoms with Crippen molar-refractivity contribution in [3.63, 3.8) is 0 Å². The zero-order chi connectivity index (χ0) is 14.8. The zero-order valence-corrected chi connectivity index (χ0v) is 12.8. The van der Waals surface area contributed by atoms with Gasteiger partial charge in [0.25, 0.3) is 0 Å². The first kappa shape index (κ1) is 15.7. The molecule has 3 nitrogen and oxygen atoms in total. The van der Waals surface area contributed by atoms with Crippen LogP contribution in [0.5, 0.6) is 0 Å². The Bertz CT molecular complexity index is 472. The number of aryl methyl sites for hydroxylation is 3. The maximum Gasteiger partial charge on any atom is 0.306 e. The molecule has 0 fully saturated rings. The summed E-state index contributed by atoms with van der Waals surface area (Å²) in [6.45, 7) is 10.1. The molecule has 1 aromatic rings. The average molecular weight is 263 g/mol. The lowest BCUT2D eigenvalue weighted by Crippen LogP contribution is -2.40. The number of carbonyl (C=O) groups is 1. The summed E-state index contributed by atoms with van der Waals surface area (Å²) in [6.07, 6.45) is 0.309. The standard InChI is InChI=1S/C16H25NO2/c1-10-7-12(3)13(8-11(10)2)14(16(4,5)17)9-15(18)19-6/h7-8,14H,9,17H2,1-6H3. The Kier molecular flexibility index (Phi) is 4.75. The molecule has 1 rings (SSSR count). The van der Waals surface area contributed by atoms with Gasteiger partial charge in [-0.3, -0.25) is 4.79 Å². The van der Waals surface area contributed by atoms with Crippen molar-refractivity contribution in [2.24, 2.45) is 5.73 Å². The molecule has 0 aliphatic heterocycles. The van der Waals surface area contributed by atoms with Gasteiger partial charge >= 0.3 is 5.97 Å². The largest absolute Gasteiger partial charge is 0.469 e. The minimum Gasteiger partial charge on any atom is -0.469 e. The molecular weight excluding hydrogens is 238 g/mol. The first-order valence-electron chi connectivity index (χ1n) is 6.60. The number of methoxy groups -OCH3 is 1. The smallest absolute Gasteiger partial charge is 0.306 e. The van der Waals surface area contributed by atoms with Crippen molar-refractivity contribution < 1.29 is 9.53 Å². The number of hydrogen-bond acceptors (Lipinski definition) is 3. The van der Waals surface area contributed by atoms with E-state index < -0.39 is 5.54 Å². The van der Waals surface area contributed by atoms with Crippen LogP contribution >= 0.6 is 0 Å². The van der Waals surface area contributed by atoms with Gasteiger partial charge in [0.15, 0.2) is 0 Å². The highest BCUT2D eigenvalue weighted by atomic mass is 16.5. The van der Waals surface area contributed by atoms with E-state index in [0.29, 0.717) is 6.42 Å². The van der Waals surface area contributed by atoms with Crippen LogP contribution in [0.3, 0.4) is 0 Å². The van der Waals surface area contributed by atoms with Crippen molar-refractivity contribution >= 4 is 5.97 Å². The van der Waals surface area contributed by atoms with Gasteiger partial charge in [0, 0.05) is 11.5 Å². The predicted octanol–water partition coefficient (Wildman–Crippen LogP) is 3.00. The Morgan fingerprint density at radius 3 is 2.21 bits per heavy atom. The van der Waals surface area contributed by atoms with Gasteiger partial charge in [-0.25, -0.2) is 0 Å². The summed E-state index contributed by atoms with van der Waals surface area (Å²) in [5.74, 6) is -0.264. The van der Waals surface area contributed by atoms with Gasteiger partial charge in [0.2, 0.25) is 0 Å². The molecule has 106 valence electrons. The number of ether oxygens (including phenoxy) is 1. The zero-order valence-electron chi connectivity index (χ0n) is 12.8. The van der Waals surface area contributed by atoms with Crippen LogP contribution in [-0.2, 0) is 9.53 Å². The van der Waals surface area contributed by atoms with Crippen LogP contribution in [0.2, 0.25) is 0 Å². The molecule has 3 heteroatoms. The summed E-state index contributed by atoms with van der Waals surface area (Å²) in [5.41, 5.74) is 10.6. The fourth-order valence-electron chi connectivity index (χ4n) is 2.38. The number of carbonyl (C=O) groups excluding carboxylic acids is 1. The second-order valence-corrected chi connectivity index (χ2v) is 5.95. The summed E-state index contributed by atoms with van der Waals surface area (Å²) in [4.78, 5) is 11.6. The minimum atomic E-state index is -0.472. The molecule has 2 N–H and O–H groups in total. The molecule has 0 amide bonds. The summed E-state index contributed by atoms with van der Waals surface area (Å²) in [5, 5.41) is 0. The van der Waals surface area contributed by atoms with Crippen LogP contribution in [0.4, 0.5) is 0 Å². The highest BCUT2D eigenvalue weighted by Gasteiger charge is 2.30. The molecule has 1 unspecified atom stereocenters. The van der Waals surface area contributed by atoms with Crippen molar-refractivity contribution in [1.82, 2.24) is 0 Å². The van der Waals surface area contributed by atoms with Crippen LogP contribution in [0, 0.1) is 20.8 Å². The van der Waals surface area contributed by atoms with Gasteiger partial charge in [0.05, 0.1) is 13.5 Å². The molecule has 0 aliphatic rings. The second kappa shape index (κ2) is 5.74. The quantitative estimate of drug-likeness (QED) is 0.850. The Morgan fingerprint density at radius 2 is 1.74 bits per heavy atom. The monoisotopic (exact) mass is 263 g/mol. The maximum atomic E-state index is 11.6. The van der Waals surface area contributed by atoms with Crippen molar-refractivity contribution in [2.45, 2.75) is 52.5 Å². The molecule has 1 aromatic carbocycles. The van der Waals surface area contributed by atoms with E-state index >= 15 is 0 Å². The third kappa shape index (κ3) is 3.80. The highest BCUT2D eigenvalue weighted by molar-refractivity contribution is 5.71. The Morgan fingerprint density at radius 1 is 1.21 bits per heavy atom. The molecule has 0 saturated heterocycles. The van der Waals surface area contributed by atoms with Gasteiger partial charge in [-0.05, 0) is 56.9 Å². The fourth-order valence-corrected chi connectivity index (χ4v) is 2.38. The van der Waals surface area contributed by atoms with E-state index in [-0.39, 0.29) is 11.9 Å². The molecule has 0 saturated carbocycles. The highest BCUT2D eigenvalue weighted by Crippen LogP contribution is 2.33. The first-order valence-corrected chi connectivity index (χ1v) is 6.60. The number of nitrogens with two attached hydrogens (primary N) is 1. The maximum absolute atomic E-state index is 11.6. The third-order valence-corrected chi connectivity index (χ3v) is 3.75. The number of benzene rings is 1. The van der Waals surface area contributed by atoms with Crippen molar-refractivity contribution in [1.29, 1.82) is 0 Å². The molecule has 0 bridgehead atoms. The Labute approximate surface area is 116 Å². The molecule has 0 aromatic heterocycles. The van der Waals surface area contributed by atoms with E-state index in [0.717, 1.165) is 5.56 Å². The van der Waals surface area contributed by atoms with Gasteiger partial charge < -0.3 is 10.5 Å². The van der Waals surface area contributed by atoms with E-state index in [1.165, 1.54) is 23.8 Å². The van der Waals surface area contributed by atoms with E-state index in [2.05, 4.69) is 32.9 Å². The van der Waals surface area contributed by atoms with E-state index in [1.807, 2.05) is 13.8 Å². The molecule has 19 heavy (non-hydrogen) atoms. The molecule has 0 aliphatic carbocycles. The lowest BCUT2D eigenvalue weighted by Gasteiger charge is -2.32. The van der Waals surface area contributed by atoms with Crippen LogP contribution in [0.25, 0.3) is 0 Å². The van der Waals surface area contributed by atoms with Crippen molar-refractivity contribution in [3.05, 3.63) is 34.4 Å². The van der Waals surface area contributed by atoms with Crippen LogP contribution in [0.15, 0.2) is 12.1 Å². The number of rotatable bonds is 4. The van der Waals surface area contributed by atoms with Crippen molar-refractivity contribution in [3.8, 4) is 0 Å². The molecule has 1 atom stereocenters. The lowest BCUT2D eigenvalue weighted by molar-refractivity contribution is -0.141. The normalized spacial score (nSPS) is 13.2. The van der Waals surface area contributed by atoms with Gasteiger partial charge in [-0.15, -0.1) is 0 Å². The van der Waals surface area contributed by atoms with E-state index in [1.54, 1.807) is 0 Å². The Hall–Kier alpha value is -1.35. The molecule has 0 heterocycles. The van der Waals surface area contributed by atoms with Crippen LogP contribution < -0.4 is 5.73 Å². The average Bonchev–Trinajstić information content (AvgIpc) is 2.29. The summed E-state index contributed by atoms with van der Waals surface area (Å²) >= 11 is 0. The number of esters is 1.